The Bertz CT molecular complexity index is 518. The number of aromatic nitrogens is 1. The number of hydrogen-bond donors (Lipinski definition) is 0. The molecule has 6 nitrogen and oxygen atoms in total. The van der Waals surface area contributed by atoms with Crippen molar-refractivity contribution in [1.29, 1.82) is 0 Å². The van der Waals surface area contributed by atoms with E-state index in [1.165, 1.54) is 0 Å². The molecular formula is C15H21N3O3S. The van der Waals surface area contributed by atoms with E-state index in [2.05, 4.69) is 9.88 Å². The van der Waals surface area contributed by atoms with Gasteiger partial charge in [0.05, 0.1) is 38.8 Å². The van der Waals surface area contributed by atoms with Crippen molar-refractivity contribution < 1.29 is 14.4 Å². The van der Waals surface area contributed by atoms with E-state index in [-0.39, 0.29) is 11.8 Å². The van der Waals surface area contributed by atoms with Gasteiger partial charge in [-0.15, -0.1) is 11.3 Å². The fourth-order valence-electron chi connectivity index (χ4n) is 3.80. The smallest absolute Gasteiger partial charge is 0.251 e. The van der Waals surface area contributed by atoms with Crippen molar-refractivity contribution in [2.24, 2.45) is 17.8 Å². The van der Waals surface area contributed by atoms with Crippen molar-refractivity contribution in [2.75, 3.05) is 39.5 Å². The first-order chi connectivity index (χ1) is 10.8. The third-order valence-corrected chi connectivity index (χ3v) is 5.64. The molecule has 0 spiro atoms. The van der Waals surface area contributed by atoms with Gasteiger partial charge in [0.25, 0.3) is 5.91 Å². The second kappa shape index (κ2) is 6.23. The van der Waals surface area contributed by atoms with E-state index in [0.717, 1.165) is 44.2 Å². The molecule has 0 bridgehead atoms. The molecule has 0 aromatic carbocycles. The summed E-state index contributed by atoms with van der Waals surface area (Å²) in [7, 11) is 0. The van der Waals surface area contributed by atoms with E-state index in [0.29, 0.717) is 25.0 Å². The molecule has 0 aliphatic carbocycles. The predicted octanol–water partition coefficient (Wildman–Crippen LogP) is 1.00. The quantitative estimate of drug-likeness (QED) is 0.831. The summed E-state index contributed by atoms with van der Waals surface area (Å²) in [6.45, 7) is 5.51. The maximum atomic E-state index is 12.7. The molecule has 1 amide bonds. The first-order valence-corrected chi connectivity index (χ1v) is 8.82. The first kappa shape index (κ1) is 14.6. The first-order valence-electron chi connectivity index (χ1n) is 7.94. The van der Waals surface area contributed by atoms with E-state index in [1.54, 1.807) is 16.4 Å². The lowest BCUT2D eigenvalue weighted by Crippen LogP contribution is -2.45. The van der Waals surface area contributed by atoms with Crippen LogP contribution >= 0.6 is 11.3 Å². The summed E-state index contributed by atoms with van der Waals surface area (Å²) in [6, 6.07) is 0. The van der Waals surface area contributed by atoms with Crippen LogP contribution in [0.2, 0.25) is 0 Å². The number of nitrogens with zero attached hydrogens (tertiary/aromatic N) is 3. The van der Waals surface area contributed by atoms with Crippen molar-refractivity contribution in [3.8, 4) is 0 Å². The molecule has 3 fully saturated rings. The Balaban J connectivity index is 1.43. The standard InChI is InChI=1S/C15H21N3O3S/c19-15(18-3-1-4-21-18)13-10-20-9-11-6-17(7-12(11)13)8-14-16-2-5-22-14/h2,5,11-13H,1,3-4,6-10H2/t11-,12-,13+/m0/s1. The van der Waals surface area contributed by atoms with Gasteiger partial charge in [0.15, 0.2) is 0 Å². The van der Waals surface area contributed by atoms with Crippen LogP contribution < -0.4 is 0 Å². The van der Waals surface area contributed by atoms with Gasteiger partial charge in [-0.05, 0) is 18.3 Å². The summed E-state index contributed by atoms with van der Waals surface area (Å²) >= 11 is 1.69. The maximum absolute atomic E-state index is 12.7. The fourth-order valence-corrected chi connectivity index (χ4v) is 4.46. The van der Waals surface area contributed by atoms with Gasteiger partial charge in [-0.1, -0.05) is 0 Å². The molecule has 22 heavy (non-hydrogen) atoms. The minimum Gasteiger partial charge on any atom is -0.380 e. The number of amides is 1. The highest BCUT2D eigenvalue weighted by Gasteiger charge is 2.45. The highest BCUT2D eigenvalue weighted by molar-refractivity contribution is 7.09. The SMILES string of the molecule is O=C([C@@H]1COC[C@@H]2CN(Cc3nccs3)C[C@@H]21)N1CCCO1. The van der Waals surface area contributed by atoms with Crippen LogP contribution in [0.5, 0.6) is 0 Å². The molecule has 0 N–H and O–H groups in total. The molecule has 0 radical (unpaired) electrons. The van der Waals surface area contributed by atoms with Crippen LogP contribution in [0.4, 0.5) is 0 Å². The summed E-state index contributed by atoms with van der Waals surface area (Å²) in [4.78, 5) is 24.9. The molecule has 1 aromatic rings. The Kier molecular flexibility index (Phi) is 4.13. The lowest BCUT2D eigenvalue weighted by Gasteiger charge is -2.33. The van der Waals surface area contributed by atoms with Crippen LogP contribution in [-0.4, -0.2) is 60.3 Å². The zero-order valence-electron chi connectivity index (χ0n) is 12.5. The number of fused-ring (bicyclic) bond motifs is 1. The van der Waals surface area contributed by atoms with Crippen molar-refractivity contribution in [3.05, 3.63) is 16.6 Å². The van der Waals surface area contributed by atoms with Crippen molar-refractivity contribution in [2.45, 2.75) is 13.0 Å². The largest absolute Gasteiger partial charge is 0.380 e. The van der Waals surface area contributed by atoms with Gasteiger partial charge in [0, 0.05) is 24.7 Å². The molecule has 4 heterocycles. The Morgan fingerprint density at radius 2 is 2.36 bits per heavy atom. The van der Waals surface area contributed by atoms with E-state index >= 15 is 0 Å². The van der Waals surface area contributed by atoms with Gasteiger partial charge >= 0.3 is 0 Å². The van der Waals surface area contributed by atoms with Crippen LogP contribution in [0.25, 0.3) is 0 Å². The minimum absolute atomic E-state index is 0.0573. The molecule has 4 rings (SSSR count). The van der Waals surface area contributed by atoms with Crippen LogP contribution in [0.3, 0.4) is 0 Å². The second-order valence-electron chi connectivity index (χ2n) is 6.31. The Morgan fingerprint density at radius 1 is 1.41 bits per heavy atom. The Morgan fingerprint density at radius 3 is 3.14 bits per heavy atom. The molecule has 3 aliphatic rings. The number of hydroxylamine groups is 2. The third-order valence-electron chi connectivity index (χ3n) is 4.87. The number of likely N-dealkylation sites (tertiary alicyclic amines) is 1. The summed E-state index contributed by atoms with van der Waals surface area (Å²) in [5.74, 6) is 0.886. The van der Waals surface area contributed by atoms with E-state index in [1.807, 2.05) is 11.6 Å². The third kappa shape index (κ3) is 2.78. The van der Waals surface area contributed by atoms with Crippen LogP contribution in [0.15, 0.2) is 11.6 Å². The Hall–Kier alpha value is -1.02. The average Bonchev–Trinajstić information content (AvgIpc) is 3.27. The lowest BCUT2D eigenvalue weighted by atomic mass is 9.82. The fraction of sp³-hybridized carbons (Fsp3) is 0.733. The summed E-state index contributed by atoms with van der Waals surface area (Å²) in [6.07, 6.45) is 2.78. The van der Waals surface area contributed by atoms with Crippen molar-refractivity contribution in [3.63, 3.8) is 0 Å². The molecule has 3 saturated heterocycles. The van der Waals surface area contributed by atoms with Gasteiger partial charge in [-0.3, -0.25) is 14.5 Å². The predicted molar refractivity (Wildman–Crippen MR) is 81.0 cm³/mol. The van der Waals surface area contributed by atoms with Crippen LogP contribution in [0, 0.1) is 17.8 Å². The number of rotatable bonds is 3. The number of carbonyl (C=O) groups is 1. The zero-order chi connectivity index (χ0) is 14.9. The maximum Gasteiger partial charge on any atom is 0.251 e. The topological polar surface area (TPSA) is 54.9 Å². The van der Waals surface area contributed by atoms with Crippen LogP contribution in [-0.2, 0) is 20.9 Å². The molecule has 3 aliphatic heterocycles. The lowest BCUT2D eigenvalue weighted by molar-refractivity contribution is -0.181. The summed E-state index contributed by atoms with van der Waals surface area (Å²) < 4.78 is 5.72. The minimum atomic E-state index is -0.0573. The molecule has 0 unspecified atom stereocenters. The normalized spacial score (nSPS) is 32.4. The Labute approximate surface area is 134 Å². The monoisotopic (exact) mass is 323 g/mol. The number of thiazole rings is 1. The number of carbonyl (C=O) groups excluding carboxylic acids is 1. The van der Waals surface area contributed by atoms with Gasteiger partial charge in [0.1, 0.15) is 5.01 Å². The van der Waals surface area contributed by atoms with Gasteiger partial charge in [-0.25, -0.2) is 10.0 Å². The summed E-state index contributed by atoms with van der Waals surface area (Å²) in [5, 5.41) is 4.71. The second-order valence-corrected chi connectivity index (χ2v) is 7.29. The molecule has 120 valence electrons. The highest BCUT2D eigenvalue weighted by Crippen LogP contribution is 2.36. The molecule has 1 aromatic heterocycles. The van der Waals surface area contributed by atoms with Gasteiger partial charge in [0.2, 0.25) is 0 Å². The molecule has 0 saturated carbocycles. The van der Waals surface area contributed by atoms with Crippen molar-refractivity contribution in [1.82, 2.24) is 14.9 Å². The summed E-state index contributed by atoms with van der Waals surface area (Å²) in [5.41, 5.74) is 0. The van der Waals surface area contributed by atoms with E-state index in [9.17, 15) is 4.79 Å². The zero-order valence-corrected chi connectivity index (χ0v) is 13.3. The molecular weight excluding hydrogens is 302 g/mol. The van der Waals surface area contributed by atoms with Gasteiger partial charge < -0.3 is 4.74 Å². The highest BCUT2D eigenvalue weighted by atomic mass is 32.1. The molecule has 3 atom stereocenters. The van der Waals surface area contributed by atoms with Gasteiger partial charge in [-0.2, -0.15) is 0 Å². The average molecular weight is 323 g/mol. The van der Waals surface area contributed by atoms with E-state index in [4.69, 9.17) is 9.57 Å². The molecule has 7 heteroatoms. The van der Waals surface area contributed by atoms with E-state index < -0.39 is 0 Å². The van der Waals surface area contributed by atoms with Crippen LogP contribution in [0.1, 0.15) is 11.4 Å². The number of ether oxygens (including phenoxy) is 1. The van der Waals surface area contributed by atoms with Crippen molar-refractivity contribution >= 4 is 17.2 Å². The number of hydrogen-bond acceptors (Lipinski definition) is 6.